The van der Waals surface area contributed by atoms with E-state index in [1.54, 1.807) is 0 Å². The number of hydrogen-bond donors (Lipinski definition) is 4. The van der Waals surface area contributed by atoms with Crippen LogP contribution in [0.15, 0.2) is 12.2 Å². The Morgan fingerprint density at radius 2 is 0.980 bits per heavy atom. The van der Waals surface area contributed by atoms with Crippen LogP contribution in [0.25, 0.3) is 0 Å². The van der Waals surface area contributed by atoms with E-state index in [0.717, 1.165) is 25.7 Å². The van der Waals surface area contributed by atoms with E-state index in [2.05, 4.69) is 52.2 Å². The van der Waals surface area contributed by atoms with Crippen LogP contribution in [-0.4, -0.2) is 63.3 Å². The molecule has 4 N–H and O–H groups in total. The maximum Gasteiger partial charge on any atom is 0.242 e. The molecule has 296 valence electrons. The molecule has 0 heterocycles. The summed E-state index contributed by atoms with van der Waals surface area (Å²) in [6.45, 7) is 5.87. The molecule has 0 saturated carbocycles. The summed E-state index contributed by atoms with van der Waals surface area (Å²) < 4.78 is 0. The number of carbonyl (C=O) groups is 2. The maximum absolute atomic E-state index is 13.1. The van der Waals surface area contributed by atoms with Gasteiger partial charge in [0, 0.05) is 19.5 Å². The summed E-state index contributed by atoms with van der Waals surface area (Å²) in [5.74, 6) is -0.0587. The van der Waals surface area contributed by atoms with Crippen molar-refractivity contribution in [3.63, 3.8) is 0 Å². The van der Waals surface area contributed by atoms with Crippen LogP contribution in [0.3, 0.4) is 0 Å². The van der Waals surface area contributed by atoms with Gasteiger partial charge in [0.25, 0.3) is 0 Å². The first kappa shape index (κ1) is 48.6. The smallest absolute Gasteiger partial charge is 0.242 e. The van der Waals surface area contributed by atoms with Gasteiger partial charge in [0.2, 0.25) is 11.8 Å². The van der Waals surface area contributed by atoms with Gasteiger partial charge in [-0.05, 0) is 66.1 Å². The lowest BCUT2D eigenvalue weighted by molar-refractivity contribution is -0.129. The average molecular weight is 706 g/mol. The summed E-state index contributed by atoms with van der Waals surface area (Å²) in [5, 5.41) is 12.8. The van der Waals surface area contributed by atoms with Crippen LogP contribution < -0.4 is 21.3 Å². The lowest BCUT2D eigenvalue weighted by Crippen LogP contribution is -2.53. The molecule has 2 amide bonds. The topological polar surface area (TPSA) is 85.5 Å². The SMILES string of the molecule is CCCCCCCC/C=C/CCCCCCCCC(=O)NC(CCNC(NC)N(C)C)C(=O)NCCCCCCCCCCCCCCCC. The van der Waals surface area contributed by atoms with E-state index < -0.39 is 6.04 Å². The molecule has 0 fully saturated rings. The Kier molecular flexibility index (Phi) is 37.7. The van der Waals surface area contributed by atoms with Crippen LogP contribution in [0.1, 0.15) is 206 Å². The highest BCUT2D eigenvalue weighted by atomic mass is 16.2. The molecule has 7 heteroatoms. The van der Waals surface area contributed by atoms with E-state index in [9.17, 15) is 9.59 Å². The van der Waals surface area contributed by atoms with Crippen molar-refractivity contribution in [3.8, 4) is 0 Å². The van der Waals surface area contributed by atoms with E-state index in [-0.39, 0.29) is 18.1 Å². The minimum atomic E-state index is -0.504. The van der Waals surface area contributed by atoms with Gasteiger partial charge in [0.1, 0.15) is 12.3 Å². The van der Waals surface area contributed by atoms with E-state index in [1.807, 2.05) is 21.1 Å². The first-order valence-corrected chi connectivity index (χ1v) is 21.7. The number of nitrogens with one attached hydrogen (secondary N) is 4. The summed E-state index contributed by atoms with van der Waals surface area (Å²) in [6, 6.07) is -0.504. The molecule has 0 rings (SSSR count). The Hall–Kier alpha value is -1.44. The van der Waals surface area contributed by atoms with Gasteiger partial charge in [-0.25, -0.2) is 0 Å². The standard InChI is InChI=1S/C43H87N5O2/c1-6-8-10-12-14-16-18-20-22-23-24-26-28-30-32-34-36-41(49)47-40(37-39-46-43(44-3)48(4)5)42(50)45-38-35-33-31-29-27-25-21-19-17-15-13-11-9-7-2/h20,22,40,43-44,46H,6-19,21,23-39H2,1-5H3,(H,45,50)(H,47,49)/b22-20+. The van der Waals surface area contributed by atoms with Gasteiger partial charge in [0.05, 0.1) is 0 Å². The molecule has 2 unspecified atom stereocenters. The Labute approximate surface area is 312 Å². The van der Waals surface area contributed by atoms with E-state index in [4.69, 9.17) is 0 Å². The normalized spacial score (nSPS) is 12.9. The highest BCUT2D eigenvalue weighted by molar-refractivity contribution is 5.87. The number of rotatable bonds is 39. The second-order valence-corrected chi connectivity index (χ2v) is 15.1. The van der Waals surface area contributed by atoms with E-state index >= 15 is 0 Å². The predicted molar refractivity (Wildman–Crippen MR) is 218 cm³/mol. The molecule has 0 spiro atoms. The molecular weight excluding hydrogens is 619 g/mol. The highest BCUT2D eigenvalue weighted by Gasteiger charge is 2.21. The number of unbranched alkanes of at least 4 members (excludes halogenated alkanes) is 25. The molecule has 2 atom stereocenters. The quantitative estimate of drug-likeness (QED) is 0.0291. The molecule has 0 saturated heterocycles. The first-order valence-electron chi connectivity index (χ1n) is 21.7. The van der Waals surface area contributed by atoms with Crippen molar-refractivity contribution in [2.24, 2.45) is 0 Å². The zero-order chi connectivity index (χ0) is 36.8. The molecule has 0 aliphatic heterocycles. The Balaban J connectivity index is 4.15. The van der Waals surface area contributed by atoms with Crippen LogP contribution >= 0.6 is 0 Å². The summed E-state index contributed by atoms with van der Waals surface area (Å²) in [7, 11) is 5.92. The number of nitrogens with zero attached hydrogens (tertiary/aromatic N) is 1. The van der Waals surface area contributed by atoms with Crippen molar-refractivity contribution in [2.45, 2.75) is 219 Å². The molecule has 7 nitrogen and oxygen atoms in total. The summed E-state index contributed by atoms with van der Waals surface area (Å²) in [5.41, 5.74) is 0. The number of carbonyl (C=O) groups excluding carboxylic acids is 2. The van der Waals surface area contributed by atoms with Crippen LogP contribution in [0.4, 0.5) is 0 Å². The molecule has 0 radical (unpaired) electrons. The van der Waals surface area contributed by atoms with Crippen molar-refractivity contribution >= 4 is 11.8 Å². The Morgan fingerprint density at radius 3 is 1.42 bits per heavy atom. The van der Waals surface area contributed by atoms with Crippen LogP contribution in [0, 0.1) is 0 Å². The predicted octanol–water partition coefficient (Wildman–Crippen LogP) is 10.5. The second-order valence-electron chi connectivity index (χ2n) is 15.1. The van der Waals surface area contributed by atoms with Crippen molar-refractivity contribution in [1.82, 2.24) is 26.2 Å². The van der Waals surface area contributed by atoms with E-state index in [1.165, 1.54) is 154 Å². The largest absolute Gasteiger partial charge is 0.354 e. The third-order valence-corrected chi connectivity index (χ3v) is 9.96. The summed E-state index contributed by atoms with van der Waals surface area (Å²) in [4.78, 5) is 28.0. The third-order valence-electron chi connectivity index (χ3n) is 9.96. The lowest BCUT2D eigenvalue weighted by Gasteiger charge is -2.26. The van der Waals surface area contributed by atoms with Crippen LogP contribution in [0.5, 0.6) is 0 Å². The van der Waals surface area contributed by atoms with E-state index in [0.29, 0.717) is 25.9 Å². The fourth-order valence-electron chi connectivity index (χ4n) is 6.63. The minimum Gasteiger partial charge on any atom is -0.354 e. The third kappa shape index (κ3) is 33.7. The van der Waals surface area contributed by atoms with Crippen LogP contribution in [0.2, 0.25) is 0 Å². The molecule has 0 aliphatic rings. The van der Waals surface area contributed by atoms with Gasteiger partial charge in [-0.2, -0.15) is 0 Å². The van der Waals surface area contributed by atoms with Gasteiger partial charge < -0.3 is 10.6 Å². The summed E-state index contributed by atoms with van der Waals surface area (Å²) in [6.07, 6.45) is 41.9. The first-order chi connectivity index (χ1) is 24.5. The highest BCUT2D eigenvalue weighted by Crippen LogP contribution is 2.14. The van der Waals surface area contributed by atoms with Gasteiger partial charge >= 0.3 is 0 Å². The Bertz CT molecular complexity index is 760. The zero-order valence-corrected chi connectivity index (χ0v) is 34.2. The van der Waals surface area contributed by atoms with Gasteiger partial charge in [0.15, 0.2) is 0 Å². The molecular formula is C43H87N5O2. The average Bonchev–Trinajstić information content (AvgIpc) is 3.10. The number of amides is 2. The molecule has 0 aromatic rings. The molecule has 0 aliphatic carbocycles. The van der Waals surface area contributed by atoms with Crippen molar-refractivity contribution in [1.29, 1.82) is 0 Å². The van der Waals surface area contributed by atoms with Gasteiger partial charge in [-0.15, -0.1) is 0 Å². The Morgan fingerprint density at radius 1 is 0.560 bits per heavy atom. The molecule has 0 bridgehead atoms. The lowest BCUT2D eigenvalue weighted by atomic mass is 10.0. The van der Waals surface area contributed by atoms with Crippen molar-refractivity contribution < 1.29 is 9.59 Å². The molecule has 0 aromatic carbocycles. The zero-order valence-electron chi connectivity index (χ0n) is 34.2. The fourth-order valence-corrected chi connectivity index (χ4v) is 6.63. The fraction of sp³-hybridized carbons (Fsp3) is 0.907. The molecule has 50 heavy (non-hydrogen) atoms. The summed E-state index contributed by atoms with van der Waals surface area (Å²) >= 11 is 0. The number of allylic oxidation sites excluding steroid dienone is 2. The second kappa shape index (κ2) is 38.8. The number of hydrogen-bond acceptors (Lipinski definition) is 5. The van der Waals surface area contributed by atoms with Crippen molar-refractivity contribution in [3.05, 3.63) is 12.2 Å². The minimum absolute atomic E-state index is 0.00470. The van der Waals surface area contributed by atoms with Gasteiger partial charge in [-0.3, -0.25) is 25.1 Å². The maximum atomic E-state index is 13.1. The van der Waals surface area contributed by atoms with Crippen molar-refractivity contribution in [2.75, 3.05) is 34.2 Å². The van der Waals surface area contributed by atoms with Crippen LogP contribution in [-0.2, 0) is 9.59 Å². The molecule has 0 aromatic heterocycles. The van der Waals surface area contributed by atoms with Gasteiger partial charge in [-0.1, -0.05) is 167 Å². The monoisotopic (exact) mass is 706 g/mol.